The van der Waals surface area contributed by atoms with Gasteiger partial charge in [-0.3, -0.25) is 0 Å². The number of likely N-dealkylation sites (tertiary alicyclic amines) is 1. The van der Waals surface area contributed by atoms with Crippen LogP contribution in [0.15, 0.2) is 42.9 Å². The molecule has 17 heteroatoms. The molecule has 7 rings (SSSR count). The molecule has 4 amide bonds. The van der Waals surface area contributed by atoms with E-state index >= 15 is 0 Å². The highest BCUT2D eigenvalue weighted by atomic mass is 19.4. The molecule has 2 aliphatic heterocycles. The number of rotatable bonds is 7. The fraction of sp³-hybridized carbons (Fsp3) is 0.500. The van der Waals surface area contributed by atoms with Crippen LogP contribution in [0.3, 0.4) is 0 Å². The van der Waals surface area contributed by atoms with Crippen molar-refractivity contribution in [1.29, 1.82) is 0 Å². The van der Waals surface area contributed by atoms with Gasteiger partial charge in [0.15, 0.2) is 5.82 Å². The van der Waals surface area contributed by atoms with Crippen LogP contribution >= 0.6 is 0 Å². The number of halogens is 3. The Kier molecular flexibility index (Phi) is 11.0. The topological polar surface area (TPSA) is 149 Å². The molecule has 1 saturated carbocycles. The second-order valence-corrected chi connectivity index (χ2v) is 17.4. The monoisotopic (exact) mass is 821 g/mol. The molecule has 3 aliphatic rings. The molecule has 59 heavy (non-hydrogen) atoms. The minimum atomic E-state index is -4.72. The maximum atomic E-state index is 14.2. The van der Waals surface area contributed by atoms with Crippen molar-refractivity contribution >= 4 is 46.4 Å². The summed E-state index contributed by atoms with van der Waals surface area (Å²) >= 11 is 0. The zero-order chi connectivity index (χ0) is 42.6. The lowest BCUT2D eigenvalue weighted by Gasteiger charge is -2.30. The molecular formula is C42H50F3N7O7. The zero-order valence-electron chi connectivity index (χ0n) is 34.5. The van der Waals surface area contributed by atoms with E-state index in [-0.39, 0.29) is 41.2 Å². The fourth-order valence-corrected chi connectivity index (χ4v) is 7.28. The molecule has 0 bridgehead atoms. The van der Waals surface area contributed by atoms with Crippen LogP contribution in [0.1, 0.15) is 91.3 Å². The van der Waals surface area contributed by atoms with E-state index in [0.717, 1.165) is 42.5 Å². The van der Waals surface area contributed by atoms with Gasteiger partial charge in [0.25, 0.3) is 0 Å². The maximum Gasteiger partial charge on any atom is 0.425 e. The minimum absolute atomic E-state index is 0.0313. The van der Waals surface area contributed by atoms with Gasteiger partial charge in [-0.15, -0.1) is 0 Å². The third kappa shape index (κ3) is 9.34. The largest absolute Gasteiger partial charge is 0.490 e. The van der Waals surface area contributed by atoms with E-state index in [9.17, 15) is 27.6 Å². The Hall–Kier alpha value is -5.58. The summed E-state index contributed by atoms with van der Waals surface area (Å²) < 4.78 is 68.1. The summed E-state index contributed by atoms with van der Waals surface area (Å²) in [5, 5.41) is 5.68. The molecule has 316 valence electrons. The zero-order valence-corrected chi connectivity index (χ0v) is 34.5. The molecule has 2 fully saturated rings. The van der Waals surface area contributed by atoms with Crippen LogP contribution in [-0.4, -0.2) is 81.2 Å². The molecule has 2 N–H and O–H groups in total. The number of ether oxygens (including phenoxy) is 4. The molecule has 14 nitrogen and oxygen atoms in total. The number of nitrogens with one attached hydrogen (secondary N) is 2. The Labute approximate surface area is 340 Å². The van der Waals surface area contributed by atoms with Gasteiger partial charge in [-0.2, -0.15) is 18.1 Å². The number of hydrogen-bond donors (Lipinski definition) is 2. The molecule has 0 spiro atoms. The number of carbonyl (C=O) groups is 3. The molecule has 2 aromatic heterocycles. The molecular weight excluding hydrogens is 771 g/mol. The summed E-state index contributed by atoms with van der Waals surface area (Å²) in [6.07, 6.45) is -0.694. The van der Waals surface area contributed by atoms with Gasteiger partial charge >= 0.3 is 24.4 Å². The Morgan fingerprint density at radius 3 is 2.15 bits per heavy atom. The number of piperidine rings is 1. The van der Waals surface area contributed by atoms with Crippen LogP contribution in [0, 0.1) is 0 Å². The average molecular weight is 822 g/mol. The first kappa shape index (κ1) is 41.6. The highest BCUT2D eigenvalue weighted by Gasteiger charge is 2.39. The molecule has 1 aliphatic carbocycles. The predicted octanol–water partition coefficient (Wildman–Crippen LogP) is 9.57. The summed E-state index contributed by atoms with van der Waals surface area (Å²) in [4.78, 5) is 53.0. The number of imide groups is 1. The van der Waals surface area contributed by atoms with Crippen molar-refractivity contribution in [2.24, 2.45) is 0 Å². The normalized spacial score (nSPS) is 17.6. The lowest BCUT2D eigenvalue weighted by Crippen LogP contribution is -2.44. The molecule has 1 atom stereocenters. The number of carbonyl (C=O) groups excluding carboxylic acids is 3. The number of fused-ring (bicyclic) bond motifs is 2. The molecule has 1 saturated heterocycles. The van der Waals surface area contributed by atoms with Gasteiger partial charge < -0.3 is 39.0 Å². The number of alkyl halides is 3. The van der Waals surface area contributed by atoms with Crippen LogP contribution in [0.25, 0.3) is 22.2 Å². The lowest BCUT2D eigenvalue weighted by molar-refractivity contribution is -0.139. The van der Waals surface area contributed by atoms with Crippen LogP contribution in [0.4, 0.5) is 44.7 Å². The van der Waals surface area contributed by atoms with Crippen molar-refractivity contribution < 1.29 is 46.5 Å². The van der Waals surface area contributed by atoms with Crippen molar-refractivity contribution in [1.82, 2.24) is 19.4 Å². The van der Waals surface area contributed by atoms with Crippen molar-refractivity contribution in [3.63, 3.8) is 0 Å². The second kappa shape index (κ2) is 15.5. The maximum absolute atomic E-state index is 14.2. The summed E-state index contributed by atoms with van der Waals surface area (Å²) in [6, 6.07) is 6.23. The number of hydrogen-bond acceptors (Lipinski definition) is 10. The van der Waals surface area contributed by atoms with E-state index in [1.165, 1.54) is 18.5 Å². The summed E-state index contributed by atoms with van der Waals surface area (Å²) in [6.45, 7) is 13.4. The number of urea groups is 1. The predicted molar refractivity (Wildman–Crippen MR) is 215 cm³/mol. The minimum Gasteiger partial charge on any atom is -0.490 e. The molecule has 0 radical (unpaired) electrons. The van der Waals surface area contributed by atoms with Crippen LogP contribution < -0.4 is 25.0 Å². The smallest absolute Gasteiger partial charge is 0.425 e. The Morgan fingerprint density at radius 1 is 0.881 bits per heavy atom. The first-order valence-electron chi connectivity index (χ1n) is 19.7. The molecule has 1 unspecified atom stereocenters. The second-order valence-electron chi connectivity index (χ2n) is 17.4. The SMILES string of the molecule is CC1Cc2c(-c3cn(C4CC4)c4ncnc(N(C(=O)OC(C)(C)C)C(=O)OC(C)(C)C)c34)ccc(NC(=O)Nc3ccc(OC4CCN(C)CC4)c(C(F)(F)F)c3)c2O1. The highest BCUT2D eigenvalue weighted by Crippen LogP contribution is 2.48. The number of aromatic nitrogens is 3. The van der Waals surface area contributed by atoms with E-state index < -0.39 is 41.2 Å². The Morgan fingerprint density at radius 2 is 1.54 bits per heavy atom. The first-order chi connectivity index (χ1) is 27.6. The molecule has 4 heterocycles. The van der Waals surface area contributed by atoms with E-state index in [0.29, 0.717) is 47.2 Å². The van der Waals surface area contributed by atoms with E-state index in [2.05, 4.69) is 25.5 Å². The van der Waals surface area contributed by atoms with E-state index in [4.69, 9.17) is 18.9 Å². The Bertz CT molecular complexity index is 2240. The number of nitrogens with zero attached hydrogens (tertiary/aromatic N) is 5. The van der Waals surface area contributed by atoms with Crippen LogP contribution in [0.2, 0.25) is 0 Å². The van der Waals surface area contributed by atoms with Gasteiger partial charge in [0.1, 0.15) is 46.9 Å². The van der Waals surface area contributed by atoms with Gasteiger partial charge in [-0.25, -0.2) is 24.4 Å². The van der Waals surface area contributed by atoms with Gasteiger partial charge in [0.2, 0.25) is 0 Å². The lowest BCUT2D eigenvalue weighted by atomic mass is 9.96. The van der Waals surface area contributed by atoms with Crippen molar-refractivity contribution in [2.75, 3.05) is 35.7 Å². The summed E-state index contributed by atoms with van der Waals surface area (Å²) in [5.74, 6) is 0.0479. The number of benzene rings is 2. The fourth-order valence-electron chi connectivity index (χ4n) is 7.28. The summed E-state index contributed by atoms with van der Waals surface area (Å²) in [7, 11) is 1.95. The number of amides is 4. The van der Waals surface area contributed by atoms with Gasteiger partial charge in [0, 0.05) is 48.6 Å². The number of anilines is 3. The van der Waals surface area contributed by atoms with Crippen molar-refractivity contribution in [3.05, 3.63) is 54.0 Å². The van der Waals surface area contributed by atoms with Gasteiger partial charge in [-0.05, 0) is 111 Å². The highest BCUT2D eigenvalue weighted by molar-refractivity contribution is 6.16. The van der Waals surface area contributed by atoms with Crippen LogP contribution in [-0.2, 0) is 22.1 Å². The van der Waals surface area contributed by atoms with Crippen molar-refractivity contribution in [2.45, 2.75) is 116 Å². The van der Waals surface area contributed by atoms with E-state index in [1.54, 1.807) is 53.7 Å². The summed E-state index contributed by atoms with van der Waals surface area (Å²) in [5.41, 5.74) is -0.193. The quantitative estimate of drug-likeness (QED) is 0.185. The van der Waals surface area contributed by atoms with Gasteiger partial charge in [0.05, 0.1) is 16.6 Å². The molecule has 2 aromatic carbocycles. The average Bonchev–Trinajstić information content (AvgIpc) is 3.77. The van der Waals surface area contributed by atoms with Crippen LogP contribution in [0.5, 0.6) is 11.5 Å². The third-order valence-corrected chi connectivity index (χ3v) is 10.0. The Balaban J connectivity index is 1.23. The van der Waals surface area contributed by atoms with Gasteiger partial charge in [-0.1, -0.05) is 6.07 Å². The first-order valence-corrected chi connectivity index (χ1v) is 19.7. The van der Waals surface area contributed by atoms with E-state index in [1.807, 2.05) is 24.7 Å². The third-order valence-electron chi connectivity index (χ3n) is 10.0. The standard InChI is InChI=1S/C42H50F3N7O7/c1-23-19-28-27(29-21-51(25-10-11-25)35-33(29)36(47-22-46-35)52(38(54)58-40(2,3)4)39(55)59-41(5,6)7)12-13-31(34(28)56-23)49-37(53)48-24-9-14-32(30(20-24)42(43,44)45)57-26-15-17-50(8)18-16-26/h9,12-14,20-23,25-26H,10-11,15-19H2,1-8H3,(H2,48,49,53). The van der Waals surface area contributed by atoms with Crippen molar-refractivity contribution in [3.8, 4) is 22.6 Å². The molecule has 4 aromatic rings.